The lowest BCUT2D eigenvalue weighted by molar-refractivity contribution is -0.137. The van der Waals surface area contributed by atoms with Gasteiger partial charge in [0.2, 0.25) is 0 Å². The van der Waals surface area contributed by atoms with Crippen molar-refractivity contribution in [3.8, 4) is 0 Å². The van der Waals surface area contributed by atoms with Gasteiger partial charge in [-0.1, -0.05) is 50.5 Å². The second-order valence-electron chi connectivity index (χ2n) is 8.36. The number of carboxylic acid groups (broad SMARTS) is 1. The Morgan fingerprint density at radius 1 is 1.31 bits per heavy atom. The molecule has 0 aromatic heterocycles. The average molecular weight is 365 g/mol. The number of aliphatic hydroxyl groups is 2. The predicted molar refractivity (Wildman–Crippen MR) is 104 cm³/mol. The van der Waals surface area contributed by atoms with E-state index in [0.717, 1.165) is 44.9 Å². The molecule has 0 radical (unpaired) electrons. The molecule has 0 aromatic carbocycles. The maximum atomic E-state index is 10.6. The van der Waals surface area contributed by atoms with Gasteiger partial charge in [-0.3, -0.25) is 4.79 Å². The first-order valence-electron chi connectivity index (χ1n) is 10.4. The van der Waals surface area contributed by atoms with Crippen LogP contribution in [0.15, 0.2) is 23.8 Å². The van der Waals surface area contributed by atoms with Crippen molar-refractivity contribution >= 4 is 5.97 Å². The minimum Gasteiger partial charge on any atom is -0.481 e. The van der Waals surface area contributed by atoms with Crippen molar-refractivity contribution in [3.63, 3.8) is 0 Å². The first-order chi connectivity index (χ1) is 12.4. The molecule has 4 heteroatoms. The van der Waals surface area contributed by atoms with Crippen LogP contribution >= 0.6 is 0 Å². The molecule has 0 aromatic rings. The zero-order valence-electron chi connectivity index (χ0n) is 16.3. The summed E-state index contributed by atoms with van der Waals surface area (Å²) in [4.78, 5) is 10.6. The molecule has 148 valence electrons. The molecule has 26 heavy (non-hydrogen) atoms. The quantitative estimate of drug-likeness (QED) is 0.398. The number of aliphatic hydroxyl groups excluding tert-OH is 2. The number of unbranched alkanes of at least 4 members (excludes halogenated alkanes) is 2. The molecule has 4 nitrogen and oxygen atoms in total. The number of fused-ring (bicyclic) bond motifs is 1. The Kier molecular flexibility index (Phi) is 8.36. The van der Waals surface area contributed by atoms with Crippen LogP contribution in [0.25, 0.3) is 0 Å². The highest BCUT2D eigenvalue weighted by atomic mass is 16.4. The lowest BCUT2D eigenvalue weighted by Crippen LogP contribution is -2.19. The van der Waals surface area contributed by atoms with Crippen molar-refractivity contribution in [3.05, 3.63) is 23.8 Å². The second kappa shape index (κ2) is 10.3. The smallest absolute Gasteiger partial charge is 0.303 e. The number of carboxylic acids is 1. The van der Waals surface area contributed by atoms with Crippen molar-refractivity contribution in [2.45, 2.75) is 83.8 Å². The van der Waals surface area contributed by atoms with Crippen molar-refractivity contribution in [2.24, 2.45) is 23.7 Å². The Morgan fingerprint density at radius 2 is 2.08 bits per heavy atom. The number of hydrogen-bond acceptors (Lipinski definition) is 3. The minimum atomic E-state index is -0.730. The SMILES string of the molecule is CCCC[C@H](C)[C@@H](O)C=C[C@@H]1[C@H]2CC(=CCCCC(=O)O)C[C@@H]2C[C@H]1O. The topological polar surface area (TPSA) is 77.8 Å². The van der Waals surface area contributed by atoms with E-state index < -0.39 is 12.1 Å². The number of hydrogen-bond donors (Lipinski definition) is 3. The predicted octanol–water partition coefficient (Wildman–Crippen LogP) is 4.32. The van der Waals surface area contributed by atoms with Gasteiger partial charge in [-0.25, -0.2) is 0 Å². The molecule has 0 heterocycles. The van der Waals surface area contributed by atoms with Crippen LogP contribution in [0.4, 0.5) is 0 Å². The fourth-order valence-corrected chi connectivity index (χ4v) is 4.63. The Balaban J connectivity index is 1.87. The highest BCUT2D eigenvalue weighted by Crippen LogP contribution is 2.50. The fourth-order valence-electron chi connectivity index (χ4n) is 4.63. The zero-order chi connectivity index (χ0) is 19.1. The van der Waals surface area contributed by atoms with Crippen LogP contribution in [0.1, 0.15) is 71.6 Å². The third-order valence-electron chi connectivity index (χ3n) is 6.27. The normalized spacial score (nSPS) is 32.2. The van der Waals surface area contributed by atoms with Gasteiger partial charge in [0, 0.05) is 12.3 Å². The van der Waals surface area contributed by atoms with Crippen molar-refractivity contribution in [1.82, 2.24) is 0 Å². The van der Waals surface area contributed by atoms with Crippen LogP contribution in [0.5, 0.6) is 0 Å². The van der Waals surface area contributed by atoms with Gasteiger partial charge in [-0.05, 0) is 56.3 Å². The van der Waals surface area contributed by atoms with Crippen LogP contribution in [0.2, 0.25) is 0 Å². The molecule has 0 spiro atoms. The zero-order valence-corrected chi connectivity index (χ0v) is 16.3. The standard InChI is InChI=1S/C22H36O4/c1-3-4-7-15(2)20(23)11-10-18-19-13-16(8-5-6-9-22(25)26)12-17(19)14-21(18)24/h8,10-11,15,17-21,23-24H,3-7,9,12-14H2,1-2H3,(H,25,26)/t15-,17+,18+,19-,20-,21+/m0/s1. The van der Waals surface area contributed by atoms with Crippen LogP contribution in [0, 0.1) is 23.7 Å². The molecule has 0 amide bonds. The van der Waals surface area contributed by atoms with E-state index in [2.05, 4.69) is 26.0 Å². The molecule has 0 bridgehead atoms. The molecular weight excluding hydrogens is 328 g/mol. The van der Waals surface area contributed by atoms with Gasteiger partial charge >= 0.3 is 5.97 Å². The van der Waals surface area contributed by atoms with Gasteiger partial charge in [0.1, 0.15) is 0 Å². The van der Waals surface area contributed by atoms with Gasteiger partial charge in [0.05, 0.1) is 12.2 Å². The number of rotatable bonds is 10. The summed E-state index contributed by atoms with van der Waals surface area (Å²) in [6, 6.07) is 0. The lowest BCUT2D eigenvalue weighted by Gasteiger charge is -2.19. The van der Waals surface area contributed by atoms with Gasteiger partial charge in [-0.2, -0.15) is 0 Å². The highest BCUT2D eigenvalue weighted by Gasteiger charge is 2.44. The summed E-state index contributed by atoms with van der Waals surface area (Å²) in [5, 5.41) is 29.5. The second-order valence-corrected chi connectivity index (χ2v) is 8.36. The summed E-state index contributed by atoms with van der Waals surface area (Å²) in [5.74, 6) is 0.656. The van der Waals surface area contributed by atoms with Crippen molar-refractivity contribution in [2.75, 3.05) is 0 Å². The van der Waals surface area contributed by atoms with E-state index in [9.17, 15) is 15.0 Å². The monoisotopic (exact) mass is 364 g/mol. The Labute approximate surface area is 158 Å². The maximum Gasteiger partial charge on any atom is 0.303 e. The fraction of sp³-hybridized carbons (Fsp3) is 0.773. The van der Waals surface area contributed by atoms with Crippen LogP contribution < -0.4 is 0 Å². The largest absolute Gasteiger partial charge is 0.481 e. The molecule has 2 saturated carbocycles. The molecule has 0 saturated heterocycles. The summed E-state index contributed by atoms with van der Waals surface area (Å²) >= 11 is 0. The summed E-state index contributed by atoms with van der Waals surface area (Å²) in [5.41, 5.74) is 1.42. The molecule has 6 atom stereocenters. The van der Waals surface area contributed by atoms with Crippen LogP contribution in [0.3, 0.4) is 0 Å². The molecule has 0 unspecified atom stereocenters. The minimum absolute atomic E-state index is 0.137. The summed E-state index contributed by atoms with van der Waals surface area (Å²) in [6.07, 6.45) is 13.4. The van der Waals surface area contributed by atoms with E-state index in [1.165, 1.54) is 5.57 Å². The van der Waals surface area contributed by atoms with Crippen LogP contribution in [-0.2, 0) is 4.79 Å². The first-order valence-corrected chi connectivity index (χ1v) is 10.4. The molecule has 0 aliphatic heterocycles. The van der Waals surface area contributed by atoms with Gasteiger partial charge < -0.3 is 15.3 Å². The average Bonchev–Trinajstić information content (AvgIpc) is 3.10. The molecule has 2 aliphatic rings. The third-order valence-corrected chi connectivity index (χ3v) is 6.27. The first kappa shape index (κ1) is 21.2. The molecule has 3 N–H and O–H groups in total. The van der Waals surface area contributed by atoms with E-state index in [0.29, 0.717) is 18.3 Å². The Bertz CT molecular complexity index is 510. The molecule has 2 rings (SSSR count). The summed E-state index contributed by atoms with van der Waals surface area (Å²) in [7, 11) is 0. The summed E-state index contributed by atoms with van der Waals surface area (Å²) < 4.78 is 0. The molecule has 2 fully saturated rings. The van der Waals surface area contributed by atoms with E-state index >= 15 is 0 Å². The van der Waals surface area contributed by atoms with Gasteiger partial charge in [0.25, 0.3) is 0 Å². The number of aliphatic carboxylic acids is 1. The molecular formula is C22H36O4. The third kappa shape index (κ3) is 5.95. The van der Waals surface area contributed by atoms with Crippen molar-refractivity contribution in [1.29, 1.82) is 0 Å². The molecule has 2 aliphatic carbocycles. The van der Waals surface area contributed by atoms with E-state index in [4.69, 9.17) is 5.11 Å². The highest BCUT2D eigenvalue weighted by molar-refractivity contribution is 5.66. The Morgan fingerprint density at radius 3 is 2.77 bits per heavy atom. The van der Waals surface area contributed by atoms with Gasteiger partial charge in [-0.15, -0.1) is 0 Å². The maximum absolute atomic E-state index is 10.6. The van der Waals surface area contributed by atoms with Crippen molar-refractivity contribution < 1.29 is 20.1 Å². The van der Waals surface area contributed by atoms with Gasteiger partial charge in [0.15, 0.2) is 0 Å². The van der Waals surface area contributed by atoms with E-state index in [1.54, 1.807) is 0 Å². The number of allylic oxidation sites excluding steroid dienone is 2. The lowest BCUT2D eigenvalue weighted by atomic mass is 9.89. The van der Waals surface area contributed by atoms with E-state index in [1.807, 2.05) is 6.08 Å². The summed E-state index contributed by atoms with van der Waals surface area (Å²) in [6.45, 7) is 4.25. The van der Waals surface area contributed by atoms with E-state index in [-0.39, 0.29) is 24.4 Å². The Hall–Kier alpha value is -1.13. The van der Waals surface area contributed by atoms with Crippen LogP contribution in [-0.4, -0.2) is 33.5 Å². The number of carbonyl (C=O) groups is 1.